The number of rotatable bonds is 8. The molecule has 1 N–H and O–H groups in total. The lowest BCUT2D eigenvalue weighted by atomic mass is 9.85. The van der Waals surface area contributed by atoms with E-state index in [1.165, 1.54) is 14.2 Å². The molecule has 5 atom stereocenters. The van der Waals surface area contributed by atoms with Gasteiger partial charge in [-0.05, 0) is 36.3 Å². The van der Waals surface area contributed by atoms with Crippen molar-refractivity contribution in [2.24, 2.45) is 29.6 Å². The molecule has 3 aliphatic rings. The maximum absolute atomic E-state index is 13.1. The summed E-state index contributed by atoms with van der Waals surface area (Å²) in [6.45, 7) is 2.93. The monoisotopic (exact) mass is 456 g/mol. The van der Waals surface area contributed by atoms with Crippen molar-refractivity contribution in [2.45, 2.75) is 26.3 Å². The van der Waals surface area contributed by atoms with Gasteiger partial charge in [-0.3, -0.25) is 19.3 Å². The number of benzene rings is 1. The van der Waals surface area contributed by atoms with Gasteiger partial charge in [0.05, 0.1) is 31.7 Å². The van der Waals surface area contributed by atoms with Gasteiger partial charge in [0, 0.05) is 6.07 Å². The second-order valence-electron chi connectivity index (χ2n) is 8.96. The summed E-state index contributed by atoms with van der Waals surface area (Å²) < 4.78 is 15.6. The van der Waals surface area contributed by atoms with E-state index in [1.807, 2.05) is 12.2 Å². The minimum Gasteiger partial charge on any atom is -0.497 e. The summed E-state index contributed by atoms with van der Waals surface area (Å²) in [5.74, 6) is -2.09. The standard InChI is InChI=1S/C24H28N2O7/c1-12(2)21(26-22(28)19-13-5-6-14(9-13)20(19)23(26)29)24(30)33-11-18(27)25-16-8-7-15(31-3)10-17(16)32-4/h5-8,10,12-14,19-21H,9,11H2,1-4H3,(H,25,27)/t13-,14-,19-,20+,21+/m0/s1. The Bertz CT molecular complexity index is 988. The molecule has 4 rings (SSSR count). The molecule has 0 spiro atoms. The highest BCUT2D eigenvalue weighted by molar-refractivity contribution is 6.09. The Morgan fingerprint density at radius 3 is 2.24 bits per heavy atom. The van der Waals surface area contributed by atoms with Crippen LogP contribution < -0.4 is 14.8 Å². The highest BCUT2D eigenvalue weighted by Crippen LogP contribution is 2.53. The van der Waals surface area contributed by atoms with Crippen LogP contribution in [0.5, 0.6) is 11.5 Å². The largest absolute Gasteiger partial charge is 0.497 e. The molecular formula is C24H28N2O7. The minimum atomic E-state index is -1.07. The van der Waals surface area contributed by atoms with Crippen molar-refractivity contribution < 1.29 is 33.4 Å². The number of nitrogens with zero attached hydrogens (tertiary/aromatic N) is 1. The van der Waals surface area contributed by atoms with Crippen molar-refractivity contribution in [3.8, 4) is 11.5 Å². The Labute approximate surface area is 192 Å². The molecule has 2 aliphatic carbocycles. The fourth-order valence-electron chi connectivity index (χ4n) is 5.19. The molecule has 3 amide bonds. The number of fused-ring (bicyclic) bond motifs is 5. The summed E-state index contributed by atoms with van der Waals surface area (Å²) >= 11 is 0. The van der Waals surface area contributed by atoms with E-state index in [-0.39, 0.29) is 29.6 Å². The molecule has 0 unspecified atom stereocenters. The van der Waals surface area contributed by atoms with E-state index in [0.717, 1.165) is 11.3 Å². The van der Waals surface area contributed by atoms with Gasteiger partial charge in [-0.25, -0.2) is 4.79 Å². The highest BCUT2D eigenvalue weighted by Gasteiger charge is 2.61. The average Bonchev–Trinajstić information content (AvgIpc) is 3.48. The van der Waals surface area contributed by atoms with Crippen LogP contribution in [0.2, 0.25) is 0 Å². The SMILES string of the molecule is COc1ccc(NC(=O)COC(=O)[C@@H](C(C)C)N2C(=O)[C@@H]3[C@H](C2=O)[C@H]2C=C[C@H]3C2)c(OC)c1. The zero-order valence-corrected chi connectivity index (χ0v) is 19.1. The lowest BCUT2D eigenvalue weighted by molar-refractivity contribution is -0.162. The first-order chi connectivity index (χ1) is 15.8. The molecule has 9 heteroatoms. The Morgan fingerprint density at radius 1 is 1.06 bits per heavy atom. The van der Waals surface area contributed by atoms with Crippen LogP contribution in [0.25, 0.3) is 0 Å². The van der Waals surface area contributed by atoms with E-state index < -0.39 is 36.4 Å². The van der Waals surface area contributed by atoms with E-state index in [4.69, 9.17) is 14.2 Å². The van der Waals surface area contributed by atoms with Gasteiger partial charge in [0.2, 0.25) is 11.8 Å². The second-order valence-corrected chi connectivity index (χ2v) is 8.96. The van der Waals surface area contributed by atoms with Gasteiger partial charge in [0.15, 0.2) is 6.61 Å². The predicted molar refractivity (Wildman–Crippen MR) is 117 cm³/mol. The lowest BCUT2D eigenvalue weighted by Gasteiger charge is -2.28. The number of anilines is 1. The normalized spacial score (nSPS) is 25.9. The molecule has 9 nitrogen and oxygen atoms in total. The third-order valence-corrected chi connectivity index (χ3v) is 6.68. The lowest BCUT2D eigenvalue weighted by Crippen LogP contribution is -2.50. The third-order valence-electron chi connectivity index (χ3n) is 6.68. The molecule has 1 aromatic rings. The molecule has 1 saturated carbocycles. The summed E-state index contributed by atoms with van der Waals surface area (Å²) in [6, 6.07) is 3.80. The predicted octanol–water partition coefficient (Wildman–Crippen LogP) is 2.02. The summed E-state index contributed by atoms with van der Waals surface area (Å²) in [5, 5.41) is 2.62. The number of imide groups is 1. The highest BCUT2D eigenvalue weighted by atomic mass is 16.5. The van der Waals surface area contributed by atoms with Gasteiger partial charge < -0.3 is 19.5 Å². The number of likely N-dealkylation sites (tertiary alicyclic amines) is 1. The van der Waals surface area contributed by atoms with Crippen molar-refractivity contribution in [1.82, 2.24) is 4.90 Å². The van der Waals surface area contributed by atoms with Crippen LogP contribution in [0.1, 0.15) is 20.3 Å². The molecule has 176 valence electrons. The number of carbonyl (C=O) groups is 4. The van der Waals surface area contributed by atoms with Crippen molar-refractivity contribution in [3.05, 3.63) is 30.4 Å². The molecule has 2 bridgehead atoms. The number of hydrogen-bond donors (Lipinski definition) is 1. The van der Waals surface area contributed by atoms with Crippen molar-refractivity contribution in [1.29, 1.82) is 0 Å². The van der Waals surface area contributed by atoms with E-state index in [0.29, 0.717) is 17.2 Å². The first kappa shape index (κ1) is 22.8. The molecule has 1 heterocycles. The topological polar surface area (TPSA) is 111 Å². The third kappa shape index (κ3) is 3.96. The molecule has 1 saturated heterocycles. The Balaban J connectivity index is 1.41. The number of methoxy groups -OCH3 is 2. The fourth-order valence-corrected chi connectivity index (χ4v) is 5.19. The fraction of sp³-hybridized carbons (Fsp3) is 0.500. The van der Waals surface area contributed by atoms with Crippen molar-refractivity contribution in [3.63, 3.8) is 0 Å². The number of ether oxygens (including phenoxy) is 3. The van der Waals surface area contributed by atoms with Gasteiger partial charge in [-0.1, -0.05) is 26.0 Å². The van der Waals surface area contributed by atoms with Gasteiger partial charge in [0.1, 0.15) is 17.5 Å². The number of amides is 3. The van der Waals surface area contributed by atoms with Crippen LogP contribution in [0.3, 0.4) is 0 Å². The molecule has 0 aromatic heterocycles. The quantitative estimate of drug-likeness (QED) is 0.362. The number of hydrogen-bond acceptors (Lipinski definition) is 7. The number of esters is 1. The average molecular weight is 456 g/mol. The van der Waals surface area contributed by atoms with E-state index in [2.05, 4.69) is 5.32 Å². The second kappa shape index (κ2) is 8.88. The van der Waals surface area contributed by atoms with Crippen LogP contribution in [0.4, 0.5) is 5.69 Å². The van der Waals surface area contributed by atoms with E-state index >= 15 is 0 Å². The molecular weight excluding hydrogens is 428 g/mol. The number of carbonyl (C=O) groups excluding carboxylic acids is 4. The Hall–Kier alpha value is -3.36. The maximum Gasteiger partial charge on any atom is 0.330 e. The first-order valence-corrected chi connectivity index (χ1v) is 11.0. The summed E-state index contributed by atoms with van der Waals surface area (Å²) in [6.07, 6.45) is 4.81. The van der Waals surface area contributed by atoms with E-state index in [1.54, 1.807) is 32.0 Å². The van der Waals surface area contributed by atoms with Crippen LogP contribution in [-0.4, -0.2) is 55.5 Å². The zero-order valence-electron chi connectivity index (χ0n) is 19.1. The smallest absolute Gasteiger partial charge is 0.330 e. The van der Waals surface area contributed by atoms with Crippen LogP contribution >= 0.6 is 0 Å². The van der Waals surface area contributed by atoms with Crippen molar-refractivity contribution >= 4 is 29.4 Å². The van der Waals surface area contributed by atoms with Crippen LogP contribution in [0.15, 0.2) is 30.4 Å². The number of nitrogens with one attached hydrogen (secondary N) is 1. The van der Waals surface area contributed by atoms with E-state index in [9.17, 15) is 19.2 Å². The van der Waals surface area contributed by atoms with Gasteiger partial charge in [-0.2, -0.15) is 0 Å². The molecule has 33 heavy (non-hydrogen) atoms. The molecule has 1 aliphatic heterocycles. The van der Waals surface area contributed by atoms with Crippen molar-refractivity contribution in [2.75, 3.05) is 26.1 Å². The summed E-state index contributed by atoms with van der Waals surface area (Å²) in [7, 11) is 2.97. The Morgan fingerprint density at radius 2 is 1.70 bits per heavy atom. The maximum atomic E-state index is 13.1. The van der Waals surface area contributed by atoms with Gasteiger partial charge in [-0.15, -0.1) is 0 Å². The molecule has 2 fully saturated rings. The number of allylic oxidation sites excluding steroid dienone is 2. The van der Waals surface area contributed by atoms with Crippen LogP contribution in [-0.2, 0) is 23.9 Å². The van der Waals surface area contributed by atoms with Crippen LogP contribution in [0, 0.1) is 29.6 Å². The summed E-state index contributed by atoms with van der Waals surface area (Å²) in [4.78, 5) is 52.6. The first-order valence-electron chi connectivity index (χ1n) is 11.0. The Kier molecular flexibility index (Phi) is 6.14. The minimum absolute atomic E-state index is 0.0514. The molecule has 0 radical (unpaired) electrons. The van der Waals surface area contributed by atoms with Gasteiger partial charge in [0.25, 0.3) is 5.91 Å². The summed E-state index contributed by atoms with van der Waals surface area (Å²) in [5.41, 5.74) is 0.389. The molecule has 1 aromatic carbocycles. The van der Waals surface area contributed by atoms with Gasteiger partial charge >= 0.3 is 5.97 Å². The zero-order chi connectivity index (χ0) is 23.9.